The average molecular weight is 393 g/mol. The Morgan fingerprint density at radius 3 is 2.76 bits per heavy atom. The molecular formula is C23H27N3O3. The highest BCUT2D eigenvalue weighted by molar-refractivity contribution is 5.97. The number of carbonyl (C=O) groups is 2. The number of hydrogen-bond acceptors (Lipinski definition) is 4. The number of hydrogen-bond donors (Lipinski definition) is 1. The van der Waals surface area contributed by atoms with Crippen LogP contribution in [0.4, 0.5) is 4.79 Å². The van der Waals surface area contributed by atoms with E-state index in [9.17, 15) is 9.59 Å². The van der Waals surface area contributed by atoms with Gasteiger partial charge in [-0.15, -0.1) is 0 Å². The molecule has 1 aliphatic carbocycles. The lowest BCUT2D eigenvalue weighted by atomic mass is 9.96. The first kappa shape index (κ1) is 19.4. The zero-order valence-electron chi connectivity index (χ0n) is 16.8. The van der Waals surface area contributed by atoms with Crippen molar-refractivity contribution in [3.8, 4) is 11.3 Å². The van der Waals surface area contributed by atoms with Gasteiger partial charge in [0, 0.05) is 29.9 Å². The molecule has 6 nitrogen and oxygen atoms in total. The van der Waals surface area contributed by atoms with Crippen molar-refractivity contribution in [1.29, 1.82) is 0 Å². The number of ether oxygens (including phenoxy) is 1. The summed E-state index contributed by atoms with van der Waals surface area (Å²) in [6.07, 6.45) is 6.28. The van der Waals surface area contributed by atoms with Gasteiger partial charge in [-0.3, -0.25) is 9.78 Å². The standard InChI is InChI=1S/C23H27N3O3/c1-16-19(21-10-2-4-13-24-21)8-6-9-20(16)22(27)26-14-5-3-7-18(26)15-29-23(28)25-17-11-12-17/h2,4,6,8-10,13,17-18H,3,5,7,11-12,14-15H2,1H3,(H,25,28). The van der Waals surface area contributed by atoms with E-state index in [1.165, 1.54) is 0 Å². The lowest BCUT2D eigenvalue weighted by molar-refractivity contribution is 0.0448. The maximum Gasteiger partial charge on any atom is 0.407 e. The van der Waals surface area contributed by atoms with Gasteiger partial charge in [-0.2, -0.15) is 0 Å². The predicted molar refractivity (Wildman–Crippen MR) is 111 cm³/mol. The summed E-state index contributed by atoms with van der Waals surface area (Å²) in [4.78, 5) is 31.6. The highest BCUT2D eigenvalue weighted by atomic mass is 16.5. The normalized spacial score (nSPS) is 18.9. The van der Waals surface area contributed by atoms with Crippen LogP contribution in [-0.2, 0) is 4.74 Å². The number of pyridine rings is 1. The number of benzene rings is 1. The molecule has 6 heteroatoms. The van der Waals surface area contributed by atoms with E-state index in [0.29, 0.717) is 12.1 Å². The largest absolute Gasteiger partial charge is 0.447 e. The van der Waals surface area contributed by atoms with Crippen LogP contribution < -0.4 is 5.32 Å². The lowest BCUT2D eigenvalue weighted by Crippen LogP contribution is -2.47. The van der Waals surface area contributed by atoms with E-state index in [1.807, 2.05) is 48.2 Å². The van der Waals surface area contributed by atoms with Crippen LogP contribution in [0.25, 0.3) is 11.3 Å². The first-order valence-electron chi connectivity index (χ1n) is 10.4. The molecule has 1 atom stereocenters. The zero-order valence-corrected chi connectivity index (χ0v) is 16.8. The number of likely N-dealkylation sites (tertiary alicyclic amines) is 1. The minimum Gasteiger partial charge on any atom is -0.447 e. The number of aromatic nitrogens is 1. The molecule has 2 aromatic rings. The predicted octanol–water partition coefficient (Wildman–Crippen LogP) is 3.94. The summed E-state index contributed by atoms with van der Waals surface area (Å²) in [7, 11) is 0. The lowest BCUT2D eigenvalue weighted by Gasteiger charge is -2.35. The van der Waals surface area contributed by atoms with Crippen molar-refractivity contribution < 1.29 is 14.3 Å². The van der Waals surface area contributed by atoms with Crippen molar-refractivity contribution >= 4 is 12.0 Å². The summed E-state index contributed by atoms with van der Waals surface area (Å²) in [5.41, 5.74) is 3.43. The molecule has 0 spiro atoms. The van der Waals surface area contributed by atoms with Gasteiger partial charge >= 0.3 is 6.09 Å². The Bertz CT molecular complexity index is 880. The van der Waals surface area contributed by atoms with Gasteiger partial charge in [0.2, 0.25) is 0 Å². The Labute approximate surface area is 171 Å². The molecule has 0 radical (unpaired) electrons. The van der Waals surface area contributed by atoms with Crippen molar-refractivity contribution in [2.75, 3.05) is 13.2 Å². The van der Waals surface area contributed by atoms with E-state index in [1.54, 1.807) is 6.20 Å². The van der Waals surface area contributed by atoms with E-state index in [-0.39, 0.29) is 30.7 Å². The zero-order chi connectivity index (χ0) is 20.2. The summed E-state index contributed by atoms with van der Waals surface area (Å²) >= 11 is 0. The number of nitrogens with one attached hydrogen (secondary N) is 1. The van der Waals surface area contributed by atoms with E-state index in [2.05, 4.69) is 10.3 Å². The van der Waals surface area contributed by atoms with Crippen LogP contribution in [0.3, 0.4) is 0 Å². The molecule has 2 amide bonds. The molecule has 2 heterocycles. The van der Waals surface area contributed by atoms with Gasteiger partial charge < -0.3 is 15.0 Å². The molecule has 152 valence electrons. The summed E-state index contributed by atoms with van der Waals surface area (Å²) in [5, 5.41) is 2.83. The average Bonchev–Trinajstić information content (AvgIpc) is 3.57. The van der Waals surface area contributed by atoms with Gasteiger partial charge in [0.05, 0.1) is 11.7 Å². The Balaban J connectivity index is 1.50. The fourth-order valence-electron chi connectivity index (χ4n) is 3.87. The van der Waals surface area contributed by atoms with Gasteiger partial charge in [-0.05, 0) is 62.8 Å². The number of amides is 2. The number of piperidine rings is 1. The molecule has 1 N–H and O–H groups in total. The monoisotopic (exact) mass is 393 g/mol. The third-order valence-electron chi connectivity index (χ3n) is 5.70. The third kappa shape index (κ3) is 4.58. The SMILES string of the molecule is Cc1c(C(=O)N2CCCCC2COC(=O)NC2CC2)cccc1-c1ccccn1. The Morgan fingerprint density at radius 1 is 1.14 bits per heavy atom. The molecule has 0 bridgehead atoms. The second-order valence-electron chi connectivity index (χ2n) is 7.86. The molecule has 1 saturated carbocycles. The Hall–Kier alpha value is -2.89. The van der Waals surface area contributed by atoms with Crippen LogP contribution in [0.1, 0.15) is 48.0 Å². The summed E-state index contributed by atoms with van der Waals surface area (Å²) in [6, 6.07) is 11.7. The Kier molecular flexibility index (Phi) is 5.79. The summed E-state index contributed by atoms with van der Waals surface area (Å²) in [5.74, 6) is -0.00354. The van der Waals surface area contributed by atoms with E-state index in [0.717, 1.165) is 48.9 Å². The second kappa shape index (κ2) is 8.64. The van der Waals surface area contributed by atoms with Gasteiger partial charge in [-0.25, -0.2) is 4.79 Å². The van der Waals surface area contributed by atoms with E-state index < -0.39 is 0 Å². The van der Waals surface area contributed by atoms with Crippen molar-refractivity contribution in [3.63, 3.8) is 0 Å². The highest BCUT2D eigenvalue weighted by Gasteiger charge is 2.30. The van der Waals surface area contributed by atoms with Crippen LogP contribution in [-0.4, -0.2) is 47.1 Å². The van der Waals surface area contributed by atoms with Gasteiger partial charge in [0.15, 0.2) is 0 Å². The molecule has 1 unspecified atom stereocenters. The number of carbonyl (C=O) groups excluding carboxylic acids is 2. The summed E-state index contributed by atoms with van der Waals surface area (Å²) < 4.78 is 5.42. The fraction of sp³-hybridized carbons (Fsp3) is 0.435. The van der Waals surface area contributed by atoms with Gasteiger partial charge in [0.1, 0.15) is 6.61 Å². The van der Waals surface area contributed by atoms with Crippen molar-refractivity contribution in [2.45, 2.75) is 51.1 Å². The van der Waals surface area contributed by atoms with Crippen molar-refractivity contribution in [1.82, 2.24) is 15.2 Å². The molecule has 1 aromatic carbocycles. The molecule has 2 fully saturated rings. The Morgan fingerprint density at radius 2 is 2.00 bits per heavy atom. The highest BCUT2D eigenvalue weighted by Crippen LogP contribution is 2.27. The minimum atomic E-state index is -0.376. The molecular weight excluding hydrogens is 366 g/mol. The van der Waals surface area contributed by atoms with E-state index >= 15 is 0 Å². The quantitative estimate of drug-likeness (QED) is 0.835. The molecule has 29 heavy (non-hydrogen) atoms. The molecule has 1 aromatic heterocycles. The first-order chi connectivity index (χ1) is 14.1. The molecule has 1 aliphatic heterocycles. The number of alkyl carbamates (subject to hydrolysis) is 1. The number of rotatable bonds is 5. The van der Waals surface area contributed by atoms with E-state index in [4.69, 9.17) is 4.74 Å². The molecule has 2 aliphatic rings. The maximum absolute atomic E-state index is 13.4. The van der Waals surface area contributed by atoms with Crippen LogP contribution in [0.15, 0.2) is 42.6 Å². The second-order valence-corrected chi connectivity index (χ2v) is 7.86. The van der Waals surface area contributed by atoms with Crippen molar-refractivity contribution in [3.05, 3.63) is 53.7 Å². The van der Waals surface area contributed by atoms with Crippen LogP contribution in [0.5, 0.6) is 0 Å². The topological polar surface area (TPSA) is 71.5 Å². The van der Waals surface area contributed by atoms with Crippen LogP contribution in [0, 0.1) is 6.92 Å². The maximum atomic E-state index is 13.4. The molecule has 1 saturated heterocycles. The van der Waals surface area contributed by atoms with Crippen LogP contribution in [0.2, 0.25) is 0 Å². The third-order valence-corrected chi connectivity index (χ3v) is 5.70. The molecule has 4 rings (SSSR count). The first-order valence-corrected chi connectivity index (χ1v) is 10.4. The van der Waals surface area contributed by atoms with Gasteiger partial charge in [-0.1, -0.05) is 18.2 Å². The van der Waals surface area contributed by atoms with Crippen molar-refractivity contribution in [2.24, 2.45) is 0 Å². The van der Waals surface area contributed by atoms with Gasteiger partial charge in [0.25, 0.3) is 5.91 Å². The minimum absolute atomic E-state index is 0.00354. The fourth-order valence-corrected chi connectivity index (χ4v) is 3.87. The smallest absolute Gasteiger partial charge is 0.407 e. The summed E-state index contributed by atoms with van der Waals surface area (Å²) in [6.45, 7) is 2.89. The van der Waals surface area contributed by atoms with Crippen LogP contribution >= 0.6 is 0 Å². The number of nitrogens with zero attached hydrogens (tertiary/aromatic N) is 2.